The molecule has 0 aromatic heterocycles. The highest BCUT2D eigenvalue weighted by atomic mass is 32.2. The lowest BCUT2D eigenvalue weighted by Gasteiger charge is -2.40. The first kappa shape index (κ1) is 22.1. The Morgan fingerprint density at radius 3 is 2.33 bits per heavy atom. The number of likely N-dealkylation sites (tertiary alicyclic amines) is 1. The van der Waals surface area contributed by atoms with Crippen molar-refractivity contribution in [3.63, 3.8) is 0 Å². The normalized spacial score (nSPS) is 34.4. The van der Waals surface area contributed by atoms with Crippen molar-refractivity contribution in [2.24, 2.45) is 5.92 Å². The van der Waals surface area contributed by atoms with Gasteiger partial charge < -0.3 is 9.64 Å². The molecule has 4 aliphatic rings. The zero-order chi connectivity index (χ0) is 21.3. The minimum atomic E-state index is -3.07. The third-order valence-electron chi connectivity index (χ3n) is 7.87. The maximum Gasteiger partial charge on any atom is 0.323 e. The first-order valence-electron chi connectivity index (χ1n) is 11.7. The number of rotatable bonds is 5. The zero-order valence-electron chi connectivity index (χ0n) is 18.1. The summed E-state index contributed by atoms with van der Waals surface area (Å²) >= 11 is 0. The van der Waals surface area contributed by atoms with Gasteiger partial charge in [-0.2, -0.15) is 0 Å². The van der Waals surface area contributed by atoms with Crippen molar-refractivity contribution in [2.75, 3.05) is 25.2 Å². The molecule has 30 heavy (non-hydrogen) atoms. The summed E-state index contributed by atoms with van der Waals surface area (Å²) < 4.78 is 29.4. The Morgan fingerprint density at radius 2 is 1.67 bits per heavy atom. The van der Waals surface area contributed by atoms with Gasteiger partial charge in [-0.15, -0.1) is 0 Å². The van der Waals surface area contributed by atoms with Crippen molar-refractivity contribution in [3.05, 3.63) is 0 Å². The number of amides is 1. The summed E-state index contributed by atoms with van der Waals surface area (Å²) in [4.78, 5) is 30.2. The van der Waals surface area contributed by atoms with Crippen LogP contribution in [0.5, 0.6) is 0 Å². The maximum absolute atomic E-state index is 13.7. The van der Waals surface area contributed by atoms with E-state index >= 15 is 0 Å². The van der Waals surface area contributed by atoms with E-state index in [9.17, 15) is 18.0 Å². The molecule has 0 bridgehead atoms. The molecule has 0 spiro atoms. The largest absolute Gasteiger partial charge is 0.468 e. The second-order valence-corrected chi connectivity index (χ2v) is 11.9. The van der Waals surface area contributed by atoms with Gasteiger partial charge in [-0.25, -0.2) is 8.42 Å². The van der Waals surface area contributed by atoms with Crippen LogP contribution in [0.25, 0.3) is 0 Å². The van der Waals surface area contributed by atoms with Gasteiger partial charge >= 0.3 is 5.97 Å². The van der Waals surface area contributed by atoms with Crippen LogP contribution < -0.4 is 0 Å². The number of hydrogen-bond donors (Lipinski definition) is 0. The van der Waals surface area contributed by atoms with E-state index in [-0.39, 0.29) is 54.1 Å². The standard InChI is InChI=1S/C22H36N2O5S/c1-29-22(26)20-13-16-7-5-6-10-19(16)23(20)14-21(25)24(17-8-3-2-4-9-17)18-11-12-30(27,28)15-18/h16-20H,2-15H2,1H3. The number of carbonyl (C=O) groups is 2. The Labute approximate surface area is 180 Å². The van der Waals surface area contributed by atoms with Crippen molar-refractivity contribution in [2.45, 2.75) is 94.8 Å². The molecule has 7 nitrogen and oxygen atoms in total. The summed E-state index contributed by atoms with van der Waals surface area (Å²) in [5, 5.41) is 0. The Balaban J connectivity index is 1.54. The van der Waals surface area contributed by atoms with Crippen LogP contribution in [0.4, 0.5) is 0 Å². The lowest BCUT2D eigenvalue weighted by atomic mass is 9.85. The smallest absolute Gasteiger partial charge is 0.323 e. The number of esters is 1. The highest BCUT2D eigenvalue weighted by molar-refractivity contribution is 7.91. The number of hydrogen-bond acceptors (Lipinski definition) is 6. The van der Waals surface area contributed by atoms with Crippen molar-refractivity contribution in [3.8, 4) is 0 Å². The Bertz CT molecular complexity index is 749. The van der Waals surface area contributed by atoms with Crippen LogP contribution in [0.2, 0.25) is 0 Å². The fourth-order valence-corrected chi connectivity index (χ4v) is 8.16. The van der Waals surface area contributed by atoms with Crippen molar-refractivity contribution in [1.82, 2.24) is 9.80 Å². The van der Waals surface area contributed by atoms with E-state index in [1.807, 2.05) is 4.90 Å². The van der Waals surface area contributed by atoms with E-state index in [0.717, 1.165) is 51.4 Å². The molecule has 0 N–H and O–H groups in total. The summed E-state index contributed by atoms with van der Waals surface area (Å²) in [7, 11) is -1.65. The Morgan fingerprint density at radius 1 is 0.967 bits per heavy atom. The van der Waals surface area contributed by atoms with Crippen molar-refractivity contribution < 1.29 is 22.7 Å². The van der Waals surface area contributed by atoms with Crippen LogP contribution >= 0.6 is 0 Å². The fraction of sp³-hybridized carbons (Fsp3) is 0.909. The molecule has 0 aromatic carbocycles. The number of carbonyl (C=O) groups excluding carboxylic acids is 2. The van der Waals surface area contributed by atoms with E-state index in [4.69, 9.17) is 4.74 Å². The first-order chi connectivity index (χ1) is 14.4. The van der Waals surface area contributed by atoms with E-state index in [1.54, 1.807) is 0 Å². The Kier molecular flexibility index (Phi) is 6.73. The molecule has 2 aliphatic carbocycles. The lowest BCUT2D eigenvalue weighted by molar-refractivity contribution is -0.148. The van der Waals surface area contributed by atoms with Crippen LogP contribution in [0.1, 0.15) is 70.6 Å². The summed E-state index contributed by atoms with van der Waals surface area (Å²) in [5.41, 5.74) is 0. The third kappa shape index (κ3) is 4.54. The van der Waals surface area contributed by atoms with Gasteiger partial charge in [0.25, 0.3) is 0 Å². The molecule has 4 atom stereocenters. The molecule has 2 saturated carbocycles. The van der Waals surface area contributed by atoms with Crippen LogP contribution in [-0.2, 0) is 24.2 Å². The van der Waals surface area contributed by atoms with Crippen LogP contribution in [0, 0.1) is 5.92 Å². The minimum Gasteiger partial charge on any atom is -0.468 e. The minimum absolute atomic E-state index is 0.00382. The zero-order valence-corrected chi connectivity index (χ0v) is 18.9. The molecule has 1 amide bonds. The second-order valence-electron chi connectivity index (χ2n) is 9.71. The molecule has 4 rings (SSSR count). The molecule has 170 valence electrons. The average molecular weight is 441 g/mol. The highest BCUT2D eigenvalue weighted by Crippen LogP contribution is 2.40. The first-order valence-corrected chi connectivity index (χ1v) is 13.6. The van der Waals surface area contributed by atoms with Crippen molar-refractivity contribution in [1.29, 1.82) is 0 Å². The molecule has 2 saturated heterocycles. The second kappa shape index (κ2) is 9.15. The molecule has 2 aliphatic heterocycles. The molecule has 4 unspecified atom stereocenters. The van der Waals surface area contributed by atoms with Gasteiger partial charge in [0.2, 0.25) is 5.91 Å². The number of methoxy groups -OCH3 is 1. The predicted octanol–water partition coefficient (Wildman–Crippen LogP) is 2.14. The van der Waals surface area contributed by atoms with E-state index in [0.29, 0.717) is 12.3 Å². The van der Waals surface area contributed by atoms with Gasteiger partial charge in [-0.1, -0.05) is 32.1 Å². The van der Waals surface area contributed by atoms with Gasteiger partial charge in [-0.3, -0.25) is 14.5 Å². The van der Waals surface area contributed by atoms with Gasteiger partial charge in [0.1, 0.15) is 6.04 Å². The monoisotopic (exact) mass is 440 g/mol. The molecule has 4 fully saturated rings. The van der Waals surface area contributed by atoms with Gasteiger partial charge in [0.05, 0.1) is 25.2 Å². The van der Waals surface area contributed by atoms with Gasteiger partial charge in [0, 0.05) is 18.1 Å². The summed E-state index contributed by atoms with van der Waals surface area (Å²) in [6.07, 6.45) is 11.0. The topological polar surface area (TPSA) is 84.0 Å². The lowest BCUT2D eigenvalue weighted by Crippen LogP contribution is -2.54. The Hall–Kier alpha value is -1.15. The summed E-state index contributed by atoms with van der Waals surface area (Å²) in [6.45, 7) is 0.202. The van der Waals surface area contributed by atoms with E-state index in [1.165, 1.54) is 20.0 Å². The van der Waals surface area contributed by atoms with E-state index < -0.39 is 9.84 Å². The number of ether oxygens (including phenoxy) is 1. The highest BCUT2D eigenvalue weighted by Gasteiger charge is 2.47. The molecular weight excluding hydrogens is 404 g/mol. The molecule has 8 heteroatoms. The molecule has 2 heterocycles. The van der Waals surface area contributed by atoms with Crippen LogP contribution in [0.15, 0.2) is 0 Å². The summed E-state index contributed by atoms with van der Waals surface area (Å²) in [6, 6.07) is -0.183. The average Bonchev–Trinajstić information content (AvgIpc) is 3.28. The third-order valence-corrected chi connectivity index (χ3v) is 9.62. The maximum atomic E-state index is 13.7. The predicted molar refractivity (Wildman–Crippen MR) is 114 cm³/mol. The van der Waals surface area contributed by atoms with Gasteiger partial charge in [-0.05, 0) is 44.4 Å². The van der Waals surface area contributed by atoms with Crippen LogP contribution in [-0.4, -0.2) is 79.4 Å². The number of sulfone groups is 1. The fourth-order valence-electron chi connectivity index (χ4n) is 6.45. The summed E-state index contributed by atoms with van der Waals surface area (Å²) in [5.74, 6) is 0.467. The van der Waals surface area contributed by atoms with Crippen LogP contribution in [0.3, 0.4) is 0 Å². The number of nitrogens with zero attached hydrogens (tertiary/aromatic N) is 2. The quantitative estimate of drug-likeness (QED) is 0.609. The molecule has 0 aromatic rings. The molecule has 0 radical (unpaired) electrons. The van der Waals surface area contributed by atoms with Crippen molar-refractivity contribution >= 4 is 21.7 Å². The van der Waals surface area contributed by atoms with E-state index in [2.05, 4.69) is 4.90 Å². The number of fused-ring (bicyclic) bond motifs is 1. The SMILES string of the molecule is COC(=O)C1CC2CCCCC2N1CC(=O)N(C1CCCCC1)C1CCS(=O)(=O)C1. The molecular formula is C22H36N2O5S. The van der Waals surface area contributed by atoms with Gasteiger partial charge in [0.15, 0.2) is 9.84 Å².